The first-order valence-corrected chi connectivity index (χ1v) is 12.5. The fourth-order valence-corrected chi connectivity index (χ4v) is 4.94. The second-order valence-corrected chi connectivity index (χ2v) is 9.70. The Hall–Kier alpha value is -3.74. The van der Waals surface area contributed by atoms with E-state index in [1.54, 1.807) is 18.2 Å². The molecule has 0 saturated heterocycles. The van der Waals surface area contributed by atoms with Gasteiger partial charge in [0, 0.05) is 5.69 Å². The fourth-order valence-electron chi connectivity index (χ4n) is 3.72. The lowest BCUT2D eigenvalue weighted by molar-refractivity contribution is -0.117. The maximum atomic E-state index is 13.4. The van der Waals surface area contributed by atoms with Gasteiger partial charge < -0.3 is 5.32 Å². The molecule has 5 nitrogen and oxygen atoms in total. The Morgan fingerprint density at radius 3 is 1.85 bits per heavy atom. The van der Waals surface area contributed by atoms with Crippen LogP contribution in [-0.4, -0.2) is 20.4 Å². The summed E-state index contributed by atoms with van der Waals surface area (Å²) in [5.41, 5.74) is 3.59. The summed E-state index contributed by atoms with van der Waals surface area (Å²) in [7, 11) is -3.89. The van der Waals surface area contributed by atoms with Crippen molar-refractivity contribution in [3.8, 4) is 0 Å². The summed E-state index contributed by atoms with van der Waals surface area (Å²) in [4.78, 5) is 13.5. The van der Waals surface area contributed by atoms with Crippen molar-refractivity contribution in [1.29, 1.82) is 0 Å². The Kier molecular flexibility index (Phi) is 7.52. The van der Waals surface area contributed by atoms with Gasteiger partial charge in [0.25, 0.3) is 0 Å². The normalized spacial score (nSPS) is 12.1. The highest BCUT2D eigenvalue weighted by Crippen LogP contribution is 2.20. The first kappa shape index (κ1) is 23.4. The molecule has 0 aliphatic rings. The van der Waals surface area contributed by atoms with Crippen LogP contribution in [0.15, 0.2) is 120 Å². The predicted molar refractivity (Wildman–Crippen MR) is 135 cm³/mol. The summed E-state index contributed by atoms with van der Waals surface area (Å²) in [5.74, 6) is -0.413. The summed E-state index contributed by atoms with van der Waals surface area (Å²) in [6.45, 7) is 0. The lowest BCUT2D eigenvalue weighted by atomic mass is 10.0. The highest BCUT2D eigenvalue weighted by atomic mass is 32.2. The number of rotatable bonds is 9. The molecule has 0 spiro atoms. The second kappa shape index (κ2) is 10.9. The number of nitrogens with one attached hydrogen (secondary N) is 2. The molecule has 172 valence electrons. The van der Waals surface area contributed by atoms with E-state index in [-0.39, 0.29) is 11.3 Å². The summed E-state index contributed by atoms with van der Waals surface area (Å²) in [6, 6.07) is 34.0. The number of para-hydroxylation sites is 1. The molecule has 4 aromatic rings. The first-order chi connectivity index (χ1) is 16.5. The zero-order chi connectivity index (χ0) is 23.8. The van der Waals surface area contributed by atoms with Crippen molar-refractivity contribution in [2.75, 3.05) is 5.32 Å². The molecule has 0 heterocycles. The van der Waals surface area contributed by atoms with Crippen LogP contribution >= 0.6 is 0 Å². The summed E-state index contributed by atoms with van der Waals surface area (Å²) >= 11 is 0. The molecule has 0 aromatic heterocycles. The molecule has 0 aliphatic carbocycles. The van der Waals surface area contributed by atoms with Gasteiger partial charge in [-0.2, -0.15) is 4.72 Å². The zero-order valence-corrected chi connectivity index (χ0v) is 19.4. The van der Waals surface area contributed by atoms with E-state index in [1.165, 1.54) is 12.1 Å². The van der Waals surface area contributed by atoms with Gasteiger partial charge in [-0.15, -0.1) is 0 Å². The highest BCUT2D eigenvalue weighted by molar-refractivity contribution is 7.89. The molecule has 1 amide bonds. The van der Waals surface area contributed by atoms with Crippen LogP contribution in [0.25, 0.3) is 0 Å². The molecular formula is C28H26N2O3S. The summed E-state index contributed by atoms with van der Waals surface area (Å²) < 4.78 is 28.6. The van der Waals surface area contributed by atoms with Gasteiger partial charge >= 0.3 is 0 Å². The van der Waals surface area contributed by atoms with Gasteiger partial charge in [0.05, 0.1) is 4.90 Å². The zero-order valence-electron chi connectivity index (χ0n) is 18.6. The van der Waals surface area contributed by atoms with Gasteiger partial charge in [-0.1, -0.05) is 97.1 Å². The lowest BCUT2D eigenvalue weighted by Gasteiger charge is -2.20. The smallest absolute Gasteiger partial charge is 0.242 e. The molecule has 0 saturated carbocycles. The molecular weight excluding hydrogens is 444 g/mol. The number of sulfonamides is 1. The largest absolute Gasteiger partial charge is 0.324 e. The fraction of sp³-hybridized carbons (Fsp3) is 0.107. The SMILES string of the molecule is O=C(Nc1ccccc1Cc1ccccc1)C(Cc1ccccc1)NS(=O)(=O)c1ccccc1. The molecule has 0 fully saturated rings. The molecule has 4 rings (SSSR count). The highest BCUT2D eigenvalue weighted by Gasteiger charge is 2.26. The van der Waals surface area contributed by atoms with Crippen LogP contribution in [0.5, 0.6) is 0 Å². The van der Waals surface area contributed by atoms with E-state index in [2.05, 4.69) is 10.0 Å². The number of benzene rings is 4. The van der Waals surface area contributed by atoms with Gasteiger partial charge in [0.1, 0.15) is 6.04 Å². The number of anilines is 1. The first-order valence-electron chi connectivity index (χ1n) is 11.1. The van der Waals surface area contributed by atoms with Crippen LogP contribution < -0.4 is 10.0 Å². The van der Waals surface area contributed by atoms with Crippen molar-refractivity contribution in [1.82, 2.24) is 4.72 Å². The van der Waals surface area contributed by atoms with Crippen LogP contribution in [0.3, 0.4) is 0 Å². The molecule has 1 unspecified atom stereocenters. The van der Waals surface area contributed by atoms with Crippen LogP contribution in [0.1, 0.15) is 16.7 Å². The number of carbonyl (C=O) groups is 1. The Balaban J connectivity index is 1.59. The minimum atomic E-state index is -3.89. The van der Waals surface area contributed by atoms with Crippen molar-refractivity contribution in [2.45, 2.75) is 23.8 Å². The van der Waals surface area contributed by atoms with E-state index < -0.39 is 22.0 Å². The molecule has 1 atom stereocenters. The average Bonchev–Trinajstić information content (AvgIpc) is 2.86. The number of carbonyl (C=O) groups excluding carboxylic acids is 1. The Bertz CT molecular complexity index is 1330. The monoisotopic (exact) mass is 470 g/mol. The molecule has 34 heavy (non-hydrogen) atoms. The standard InChI is InChI=1S/C28H26N2O3S/c31-28(29-26-19-11-10-16-24(26)20-22-12-4-1-5-13-22)27(21-23-14-6-2-7-15-23)30-34(32,33)25-17-8-3-9-18-25/h1-19,27,30H,20-21H2,(H,29,31). The molecule has 0 aliphatic heterocycles. The van der Waals surface area contributed by atoms with E-state index in [4.69, 9.17) is 0 Å². The van der Waals surface area contributed by atoms with Crippen molar-refractivity contribution < 1.29 is 13.2 Å². The van der Waals surface area contributed by atoms with Gasteiger partial charge in [-0.3, -0.25) is 4.79 Å². The van der Waals surface area contributed by atoms with Crippen molar-refractivity contribution in [2.24, 2.45) is 0 Å². The topological polar surface area (TPSA) is 75.3 Å². The van der Waals surface area contributed by atoms with Gasteiger partial charge in [-0.25, -0.2) is 8.42 Å². The van der Waals surface area contributed by atoms with Crippen molar-refractivity contribution in [3.05, 3.63) is 132 Å². The van der Waals surface area contributed by atoms with E-state index in [0.29, 0.717) is 12.1 Å². The van der Waals surface area contributed by atoms with E-state index >= 15 is 0 Å². The maximum absolute atomic E-state index is 13.4. The molecule has 0 radical (unpaired) electrons. The van der Waals surface area contributed by atoms with Crippen LogP contribution in [-0.2, 0) is 27.7 Å². The summed E-state index contributed by atoms with van der Waals surface area (Å²) in [6.07, 6.45) is 0.871. The van der Waals surface area contributed by atoms with Crippen LogP contribution in [0.4, 0.5) is 5.69 Å². The quantitative estimate of drug-likeness (QED) is 0.369. The third-order valence-electron chi connectivity index (χ3n) is 5.46. The van der Waals surface area contributed by atoms with E-state index in [1.807, 2.05) is 84.9 Å². The summed E-state index contributed by atoms with van der Waals surface area (Å²) in [5, 5.41) is 2.96. The second-order valence-electron chi connectivity index (χ2n) is 7.99. The third kappa shape index (κ3) is 6.19. The predicted octanol–water partition coefficient (Wildman–Crippen LogP) is 4.81. The average molecular weight is 471 g/mol. The minimum Gasteiger partial charge on any atom is -0.324 e. The molecule has 6 heteroatoms. The van der Waals surface area contributed by atoms with Gasteiger partial charge in [-0.05, 0) is 47.7 Å². The Morgan fingerprint density at radius 1 is 0.676 bits per heavy atom. The Morgan fingerprint density at radius 2 is 1.21 bits per heavy atom. The Labute approximate surface area is 200 Å². The van der Waals surface area contributed by atoms with Gasteiger partial charge in [0.15, 0.2) is 0 Å². The minimum absolute atomic E-state index is 0.116. The van der Waals surface area contributed by atoms with E-state index in [0.717, 1.165) is 16.7 Å². The van der Waals surface area contributed by atoms with E-state index in [9.17, 15) is 13.2 Å². The van der Waals surface area contributed by atoms with Crippen molar-refractivity contribution in [3.63, 3.8) is 0 Å². The lowest BCUT2D eigenvalue weighted by Crippen LogP contribution is -2.45. The molecule has 4 aromatic carbocycles. The maximum Gasteiger partial charge on any atom is 0.242 e. The molecule has 0 bridgehead atoms. The third-order valence-corrected chi connectivity index (χ3v) is 6.95. The van der Waals surface area contributed by atoms with Crippen LogP contribution in [0.2, 0.25) is 0 Å². The number of hydrogen-bond acceptors (Lipinski definition) is 3. The number of amides is 1. The van der Waals surface area contributed by atoms with Crippen molar-refractivity contribution >= 4 is 21.6 Å². The van der Waals surface area contributed by atoms with Gasteiger partial charge in [0.2, 0.25) is 15.9 Å². The number of hydrogen-bond donors (Lipinski definition) is 2. The molecule has 2 N–H and O–H groups in total. The van der Waals surface area contributed by atoms with Crippen LogP contribution in [0, 0.1) is 0 Å².